The zero-order chi connectivity index (χ0) is 19.5. The number of benzene rings is 2. The van der Waals surface area contributed by atoms with E-state index in [0.717, 1.165) is 6.07 Å². The van der Waals surface area contributed by atoms with Crippen molar-refractivity contribution in [1.82, 2.24) is 0 Å². The summed E-state index contributed by atoms with van der Waals surface area (Å²) in [6.07, 6.45) is 0. The molecule has 0 radical (unpaired) electrons. The summed E-state index contributed by atoms with van der Waals surface area (Å²) in [5, 5.41) is 13.9. The average Bonchev–Trinajstić information content (AvgIpc) is 2.58. The fraction of sp³-hybridized carbons (Fsp3) is 0.200. The Morgan fingerprint density at radius 2 is 1.85 bits per heavy atom. The molecule has 0 aliphatic heterocycles. The first-order valence-electron chi connectivity index (χ1n) is 7.03. The Hall–Kier alpha value is -2.82. The molecule has 0 unspecified atom stereocenters. The first kappa shape index (κ1) is 19.5. The summed E-state index contributed by atoms with van der Waals surface area (Å²) in [5.41, 5.74) is -5.81. The lowest BCUT2D eigenvalue weighted by Crippen LogP contribution is -2.23. The molecular weight excluding hydrogens is 377 g/mol. The average molecular weight is 390 g/mol. The molecule has 2 aromatic rings. The highest BCUT2D eigenvalue weighted by Crippen LogP contribution is 2.35. The maximum atomic E-state index is 12.6. The zero-order valence-corrected chi connectivity index (χ0v) is 14.1. The van der Waals surface area contributed by atoms with Gasteiger partial charge in [-0.05, 0) is 18.2 Å². The number of sulfone groups is 1. The summed E-state index contributed by atoms with van der Waals surface area (Å²) in [6, 6.07) is 8.78. The lowest BCUT2D eigenvalue weighted by atomic mass is 10.2. The molecule has 0 fully saturated rings. The first-order chi connectivity index (χ1) is 12.1. The number of nitro groups is 1. The maximum Gasteiger partial charge on any atom is 0.501 e. The third-order valence-corrected chi connectivity index (χ3v) is 4.93. The minimum Gasteiger partial charge on any atom is -0.496 e. The summed E-state index contributed by atoms with van der Waals surface area (Å²) in [7, 11) is -4.24. The van der Waals surface area contributed by atoms with Crippen molar-refractivity contribution < 1.29 is 31.2 Å². The molecule has 0 saturated heterocycles. The van der Waals surface area contributed by atoms with E-state index in [9.17, 15) is 31.7 Å². The number of halogens is 3. The Bertz CT molecular complexity index is 929. The molecule has 0 aliphatic rings. The Labute approximate surface area is 146 Å². The van der Waals surface area contributed by atoms with E-state index < -0.39 is 30.9 Å². The van der Waals surface area contributed by atoms with Gasteiger partial charge in [-0.1, -0.05) is 18.2 Å². The summed E-state index contributed by atoms with van der Waals surface area (Å²) in [6.45, 7) is 0.0796. The van der Waals surface area contributed by atoms with E-state index in [1.54, 1.807) is 24.3 Å². The molecule has 0 spiro atoms. The van der Waals surface area contributed by atoms with Gasteiger partial charge in [0.15, 0.2) is 0 Å². The van der Waals surface area contributed by atoms with E-state index in [0.29, 0.717) is 23.4 Å². The Kier molecular flexibility index (Phi) is 5.40. The molecule has 2 aromatic carbocycles. The number of hydrogen-bond donors (Lipinski definition) is 1. The monoisotopic (exact) mass is 390 g/mol. The van der Waals surface area contributed by atoms with Crippen LogP contribution in [0.2, 0.25) is 0 Å². The molecular formula is C15H13F3N2O5S. The van der Waals surface area contributed by atoms with Crippen LogP contribution >= 0.6 is 0 Å². The lowest BCUT2D eigenvalue weighted by molar-refractivity contribution is -0.384. The second-order valence-electron chi connectivity index (χ2n) is 5.05. The number of nitro benzene ring substituents is 1. The predicted molar refractivity (Wildman–Crippen MR) is 86.7 cm³/mol. The fourth-order valence-corrected chi connectivity index (χ4v) is 2.93. The van der Waals surface area contributed by atoms with Crippen LogP contribution in [0.5, 0.6) is 5.75 Å². The van der Waals surface area contributed by atoms with Gasteiger partial charge in [0.25, 0.3) is 15.5 Å². The predicted octanol–water partition coefficient (Wildman–Crippen LogP) is 3.51. The van der Waals surface area contributed by atoms with Gasteiger partial charge in [0.05, 0.1) is 16.9 Å². The molecule has 0 saturated carbocycles. The molecule has 0 atom stereocenters. The van der Waals surface area contributed by atoms with Gasteiger partial charge in [-0.15, -0.1) is 0 Å². The topological polar surface area (TPSA) is 98.5 Å². The van der Waals surface area contributed by atoms with Crippen LogP contribution in [0.1, 0.15) is 5.56 Å². The number of anilines is 1. The third kappa shape index (κ3) is 3.87. The van der Waals surface area contributed by atoms with Crippen LogP contribution in [0.3, 0.4) is 0 Å². The van der Waals surface area contributed by atoms with Crippen LogP contribution in [0, 0.1) is 10.1 Å². The highest BCUT2D eigenvalue weighted by molar-refractivity contribution is 7.92. The number of nitrogens with zero attached hydrogens (tertiary/aromatic N) is 1. The van der Waals surface area contributed by atoms with E-state index in [4.69, 9.17) is 4.74 Å². The van der Waals surface area contributed by atoms with E-state index >= 15 is 0 Å². The number of ether oxygens (including phenoxy) is 1. The van der Waals surface area contributed by atoms with Gasteiger partial charge in [0, 0.05) is 18.2 Å². The zero-order valence-electron chi connectivity index (χ0n) is 13.3. The largest absolute Gasteiger partial charge is 0.501 e. The number of alkyl halides is 3. The van der Waals surface area contributed by atoms with Crippen molar-refractivity contribution in [2.24, 2.45) is 0 Å². The van der Waals surface area contributed by atoms with Crippen molar-refractivity contribution in [3.05, 3.63) is 58.1 Å². The van der Waals surface area contributed by atoms with Gasteiger partial charge in [0.1, 0.15) is 11.4 Å². The van der Waals surface area contributed by atoms with Crippen LogP contribution in [0.25, 0.3) is 0 Å². The summed E-state index contributed by atoms with van der Waals surface area (Å²) in [4.78, 5) is 9.00. The molecule has 0 aromatic heterocycles. The first-order valence-corrected chi connectivity index (χ1v) is 8.52. The van der Waals surface area contributed by atoms with E-state index in [1.807, 2.05) is 0 Å². The lowest BCUT2D eigenvalue weighted by Gasteiger charge is -2.12. The minimum atomic E-state index is -5.68. The summed E-state index contributed by atoms with van der Waals surface area (Å²) >= 11 is 0. The van der Waals surface area contributed by atoms with Crippen molar-refractivity contribution in [1.29, 1.82) is 0 Å². The molecule has 0 bridgehead atoms. The minimum absolute atomic E-state index is 0.0796. The maximum absolute atomic E-state index is 12.6. The van der Waals surface area contributed by atoms with Crippen LogP contribution in [-0.4, -0.2) is 26.0 Å². The van der Waals surface area contributed by atoms with Crippen LogP contribution in [-0.2, 0) is 16.4 Å². The second kappa shape index (κ2) is 7.20. The summed E-state index contributed by atoms with van der Waals surface area (Å²) < 4.78 is 65.8. The van der Waals surface area contributed by atoms with Crippen molar-refractivity contribution in [2.75, 3.05) is 12.4 Å². The van der Waals surface area contributed by atoms with Crippen LogP contribution in [0.4, 0.5) is 24.5 Å². The standard InChI is InChI=1S/C15H13F3N2O5S/c1-25-14-5-3-2-4-10(14)9-19-12-7-6-11(8-13(12)20(21)22)26(23,24)15(16,17)18/h2-8,19H,9H2,1H3. The van der Waals surface area contributed by atoms with Crippen LogP contribution in [0.15, 0.2) is 47.4 Å². The highest BCUT2D eigenvalue weighted by atomic mass is 32.2. The smallest absolute Gasteiger partial charge is 0.496 e. The van der Waals surface area contributed by atoms with Gasteiger partial charge in [0.2, 0.25) is 0 Å². The Morgan fingerprint density at radius 3 is 2.42 bits per heavy atom. The SMILES string of the molecule is COc1ccccc1CNc1ccc(S(=O)(=O)C(F)(F)F)cc1[N+](=O)[O-]. The van der Waals surface area contributed by atoms with Gasteiger partial charge < -0.3 is 10.1 Å². The molecule has 0 aliphatic carbocycles. The molecule has 7 nitrogen and oxygen atoms in total. The Balaban J connectivity index is 2.37. The number of para-hydroxylation sites is 1. The second-order valence-corrected chi connectivity index (χ2v) is 6.99. The number of rotatable bonds is 6. The number of hydrogen-bond acceptors (Lipinski definition) is 6. The highest BCUT2D eigenvalue weighted by Gasteiger charge is 2.47. The van der Waals surface area contributed by atoms with Gasteiger partial charge in [-0.2, -0.15) is 13.2 Å². The molecule has 11 heteroatoms. The quantitative estimate of drug-likeness (QED) is 0.599. The molecule has 0 heterocycles. The van der Waals surface area contributed by atoms with Gasteiger partial charge in [-0.3, -0.25) is 10.1 Å². The number of nitrogens with one attached hydrogen (secondary N) is 1. The van der Waals surface area contributed by atoms with E-state index in [1.165, 1.54) is 7.11 Å². The third-order valence-electron chi connectivity index (χ3n) is 3.44. The number of methoxy groups -OCH3 is 1. The van der Waals surface area contributed by atoms with Crippen molar-refractivity contribution >= 4 is 21.2 Å². The normalized spacial score (nSPS) is 11.8. The molecule has 140 valence electrons. The van der Waals surface area contributed by atoms with Crippen molar-refractivity contribution in [2.45, 2.75) is 16.9 Å². The van der Waals surface area contributed by atoms with Crippen LogP contribution < -0.4 is 10.1 Å². The van der Waals surface area contributed by atoms with Crippen molar-refractivity contribution in [3.8, 4) is 5.75 Å². The molecule has 0 amide bonds. The molecule has 2 rings (SSSR count). The fourth-order valence-electron chi connectivity index (χ4n) is 2.15. The van der Waals surface area contributed by atoms with Gasteiger partial charge in [-0.25, -0.2) is 8.42 Å². The molecule has 26 heavy (non-hydrogen) atoms. The molecule has 1 N–H and O–H groups in total. The van der Waals surface area contributed by atoms with Crippen molar-refractivity contribution in [3.63, 3.8) is 0 Å². The van der Waals surface area contributed by atoms with E-state index in [-0.39, 0.29) is 12.2 Å². The summed E-state index contributed by atoms with van der Waals surface area (Å²) in [5.74, 6) is 0.513. The van der Waals surface area contributed by atoms with E-state index in [2.05, 4.69) is 5.32 Å². The Morgan fingerprint density at radius 1 is 1.19 bits per heavy atom. The van der Waals surface area contributed by atoms with Gasteiger partial charge >= 0.3 is 5.51 Å².